The average Bonchev–Trinajstić information content (AvgIpc) is 2.56. The van der Waals surface area contributed by atoms with Gasteiger partial charge in [-0.05, 0) is 85.3 Å². The van der Waals surface area contributed by atoms with Gasteiger partial charge in [0.2, 0.25) is 10.0 Å². The first-order chi connectivity index (χ1) is 11.6. The van der Waals surface area contributed by atoms with Gasteiger partial charge in [0.05, 0.1) is 4.90 Å². The monoisotopic (exact) mass is 472 g/mol. The lowest BCUT2D eigenvalue weighted by atomic mass is 10.1. The van der Waals surface area contributed by atoms with E-state index in [0.717, 1.165) is 9.13 Å². The molecule has 0 spiro atoms. The van der Waals surface area contributed by atoms with Crippen molar-refractivity contribution in [2.75, 3.05) is 12.4 Å². The van der Waals surface area contributed by atoms with Crippen LogP contribution in [0.25, 0.3) is 0 Å². The number of carbonyl (C=O) groups is 1. The maximum Gasteiger partial charge on any atom is 0.255 e. The summed E-state index contributed by atoms with van der Waals surface area (Å²) in [5.74, 6) is -0.339. The summed E-state index contributed by atoms with van der Waals surface area (Å²) in [7, 11) is -2.10. The highest BCUT2D eigenvalue weighted by Crippen LogP contribution is 2.21. The van der Waals surface area contributed by atoms with E-state index in [1.807, 2.05) is 25.1 Å². The summed E-state index contributed by atoms with van der Waals surface area (Å²) in [6, 6.07) is 11.6. The molecule has 25 heavy (non-hydrogen) atoms. The van der Waals surface area contributed by atoms with Crippen LogP contribution in [0.1, 0.15) is 29.8 Å². The number of hydrogen-bond acceptors (Lipinski definition) is 3. The van der Waals surface area contributed by atoms with Crippen molar-refractivity contribution in [3.05, 3.63) is 57.2 Å². The third-order valence-electron chi connectivity index (χ3n) is 3.94. The molecule has 0 aliphatic heterocycles. The second kappa shape index (κ2) is 7.84. The van der Waals surface area contributed by atoms with Crippen LogP contribution in [-0.2, 0) is 10.0 Å². The lowest BCUT2D eigenvalue weighted by molar-refractivity contribution is 0.102. The normalized spacial score (nSPS) is 11.8. The Morgan fingerprint density at radius 3 is 2.44 bits per heavy atom. The first-order valence-corrected chi connectivity index (χ1v) is 10.3. The lowest BCUT2D eigenvalue weighted by Gasteiger charge is -2.21. The Kier molecular flexibility index (Phi) is 6.23. The van der Waals surface area contributed by atoms with Crippen molar-refractivity contribution < 1.29 is 13.2 Å². The molecule has 0 heterocycles. The number of halogens is 1. The highest BCUT2D eigenvalue weighted by atomic mass is 127. The number of amides is 1. The van der Waals surface area contributed by atoms with Gasteiger partial charge in [-0.25, -0.2) is 8.42 Å². The molecular formula is C18H21IN2O3S. The Labute approximate surface area is 162 Å². The summed E-state index contributed by atoms with van der Waals surface area (Å²) >= 11 is 2.21. The molecule has 1 amide bonds. The van der Waals surface area contributed by atoms with Gasteiger partial charge in [0.15, 0.2) is 0 Å². The molecule has 0 unspecified atom stereocenters. The van der Waals surface area contributed by atoms with Crippen molar-refractivity contribution in [2.24, 2.45) is 0 Å². The number of carbonyl (C=O) groups excluding carboxylic acids is 1. The van der Waals surface area contributed by atoms with E-state index in [1.165, 1.54) is 23.5 Å². The van der Waals surface area contributed by atoms with E-state index in [9.17, 15) is 13.2 Å². The Morgan fingerprint density at radius 1 is 1.16 bits per heavy atom. The number of benzene rings is 2. The molecule has 2 aromatic rings. The number of aryl methyl sites for hydroxylation is 1. The Balaban J connectivity index is 2.30. The van der Waals surface area contributed by atoms with Crippen LogP contribution in [0.2, 0.25) is 0 Å². The minimum Gasteiger partial charge on any atom is -0.322 e. The van der Waals surface area contributed by atoms with Gasteiger partial charge in [0.25, 0.3) is 5.91 Å². The number of nitrogens with one attached hydrogen (secondary N) is 1. The van der Waals surface area contributed by atoms with Crippen molar-refractivity contribution in [3.8, 4) is 0 Å². The average molecular weight is 472 g/mol. The van der Waals surface area contributed by atoms with E-state index >= 15 is 0 Å². The number of sulfonamides is 1. The maximum absolute atomic E-state index is 12.6. The van der Waals surface area contributed by atoms with Crippen LogP contribution in [0.4, 0.5) is 5.69 Å². The number of rotatable bonds is 5. The number of anilines is 1. The zero-order chi connectivity index (χ0) is 18.8. The van der Waals surface area contributed by atoms with Crippen LogP contribution in [0.3, 0.4) is 0 Å². The molecule has 2 aromatic carbocycles. The highest BCUT2D eigenvalue weighted by molar-refractivity contribution is 14.1. The maximum atomic E-state index is 12.6. The molecule has 0 saturated carbocycles. The van der Waals surface area contributed by atoms with Gasteiger partial charge in [-0.15, -0.1) is 0 Å². The predicted octanol–water partition coefficient (Wildman–Crippen LogP) is 3.88. The Morgan fingerprint density at radius 2 is 1.84 bits per heavy atom. The molecule has 0 saturated heterocycles. The quantitative estimate of drug-likeness (QED) is 0.672. The van der Waals surface area contributed by atoms with E-state index < -0.39 is 10.0 Å². The van der Waals surface area contributed by atoms with Crippen LogP contribution < -0.4 is 5.32 Å². The molecule has 134 valence electrons. The number of hydrogen-bond donors (Lipinski definition) is 1. The van der Waals surface area contributed by atoms with Crippen LogP contribution in [0.5, 0.6) is 0 Å². The molecule has 5 nitrogen and oxygen atoms in total. The van der Waals surface area contributed by atoms with Crippen molar-refractivity contribution in [2.45, 2.75) is 31.7 Å². The van der Waals surface area contributed by atoms with Crippen molar-refractivity contribution >= 4 is 44.2 Å². The van der Waals surface area contributed by atoms with Crippen molar-refractivity contribution in [1.29, 1.82) is 0 Å². The van der Waals surface area contributed by atoms with Crippen LogP contribution >= 0.6 is 22.6 Å². The van der Waals surface area contributed by atoms with Crippen molar-refractivity contribution in [1.82, 2.24) is 4.31 Å². The molecule has 7 heteroatoms. The van der Waals surface area contributed by atoms with Gasteiger partial charge >= 0.3 is 0 Å². The first-order valence-electron chi connectivity index (χ1n) is 7.78. The zero-order valence-corrected chi connectivity index (χ0v) is 17.6. The topological polar surface area (TPSA) is 66.5 Å². The molecule has 0 aliphatic carbocycles. The molecule has 0 radical (unpaired) electrons. The summed E-state index contributed by atoms with van der Waals surface area (Å²) in [6.07, 6.45) is 0. The Bertz CT molecular complexity index is 895. The molecule has 1 N–H and O–H groups in total. The molecule has 0 aromatic heterocycles. The Hall–Kier alpha value is -1.45. The van der Waals surface area contributed by atoms with Gasteiger partial charge in [0.1, 0.15) is 0 Å². The largest absolute Gasteiger partial charge is 0.322 e. The third kappa shape index (κ3) is 4.59. The van der Waals surface area contributed by atoms with Gasteiger partial charge in [-0.2, -0.15) is 4.31 Å². The lowest BCUT2D eigenvalue weighted by Crippen LogP contribution is -2.33. The summed E-state index contributed by atoms with van der Waals surface area (Å²) in [6.45, 7) is 5.51. The van der Waals surface area contributed by atoms with Crippen LogP contribution in [-0.4, -0.2) is 31.7 Å². The molecule has 0 aliphatic rings. The SMILES string of the molecule is Cc1cc(I)ccc1NC(=O)c1cccc(S(=O)(=O)N(C)C(C)C)c1. The van der Waals surface area contributed by atoms with Gasteiger partial charge in [0, 0.05) is 27.9 Å². The third-order valence-corrected chi connectivity index (χ3v) is 6.64. The fraction of sp³-hybridized carbons (Fsp3) is 0.278. The van der Waals surface area contributed by atoms with Gasteiger partial charge < -0.3 is 5.32 Å². The van der Waals surface area contributed by atoms with E-state index in [4.69, 9.17) is 0 Å². The van der Waals surface area contributed by atoms with E-state index in [-0.39, 0.29) is 16.8 Å². The summed E-state index contributed by atoms with van der Waals surface area (Å²) in [4.78, 5) is 12.6. The van der Waals surface area contributed by atoms with Crippen LogP contribution in [0, 0.1) is 10.5 Å². The van der Waals surface area contributed by atoms with E-state index in [2.05, 4.69) is 27.9 Å². The van der Waals surface area contributed by atoms with Gasteiger partial charge in [-0.3, -0.25) is 4.79 Å². The summed E-state index contributed by atoms with van der Waals surface area (Å²) < 4.78 is 27.5. The minimum atomic E-state index is -3.63. The molecule has 0 fully saturated rings. The zero-order valence-electron chi connectivity index (χ0n) is 14.6. The summed E-state index contributed by atoms with van der Waals surface area (Å²) in [5.41, 5.74) is 1.96. The summed E-state index contributed by atoms with van der Waals surface area (Å²) in [5, 5.41) is 2.83. The second-order valence-corrected chi connectivity index (χ2v) is 9.30. The minimum absolute atomic E-state index is 0.107. The van der Waals surface area contributed by atoms with E-state index in [0.29, 0.717) is 11.3 Å². The van der Waals surface area contributed by atoms with Crippen molar-refractivity contribution in [3.63, 3.8) is 0 Å². The first kappa shape index (κ1) is 19.9. The molecule has 2 rings (SSSR count). The predicted molar refractivity (Wildman–Crippen MR) is 108 cm³/mol. The smallest absolute Gasteiger partial charge is 0.255 e. The standard InChI is InChI=1S/C18H21IN2O3S/c1-12(2)21(4)25(23,24)16-7-5-6-14(11-16)18(22)20-17-9-8-15(19)10-13(17)3/h5-12H,1-4H3,(H,20,22). The fourth-order valence-corrected chi connectivity index (χ4v) is 4.26. The van der Waals surface area contributed by atoms with Gasteiger partial charge in [-0.1, -0.05) is 6.07 Å². The number of nitrogens with zero attached hydrogens (tertiary/aromatic N) is 1. The second-order valence-electron chi connectivity index (χ2n) is 6.06. The molecule has 0 bridgehead atoms. The van der Waals surface area contributed by atoms with E-state index in [1.54, 1.807) is 26.0 Å². The fourth-order valence-electron chi connectivity index (χ4n) is 2.20. The highest BCUT2D eigenvalue weighted by Gasteiger charge is 2.24. The molecular weight excluding hydrogens is 451 g/mol. The van der Waals surface area contributed by atoms with Crippen LogP contribution in [0.15, 0.2) is 47.4 Å². The molecule has 0 atom stereocenters.